The number of rotatable bonds is 6. The number of amides is 1. The highest BCUT2D eigenvalue weighted by molar-refractivity contribution is 9.10. The Bertz CT molecular complexity index is 818. The smallest absolute Gasteiger partial charge is 0.242 e. The largest absolute Gasteiger partial charge is 0.325 e. The summed E-state index contributed by atoms with van der Waals surface area (Å²) in [4.78, 5) is 12.3. The third kappa shape index (κ3) is 4.66. The minimum absolute atomic E-state index is 0.0908. The molecule has 2 rings (SSSR count). The SMILES string of the molecule is CN(C)S(=O)(=O)c1ccc(CCC(=O)Nc2ccccc2Br)cc1. The number of aryl methyl sites for hydroxylation is 1. The predicted octanol–water partition coefficient (Wildman–Crippen LogP) is 3.27. The fraction of sp³-hybridized carbons (Fsp3) is 0.235. The Labute approximate surface area is 150 Å². The summed E-state index contributed by atoms with van der Waals surface area (Å²) < 4.78 is 26.0. The van der Waals surface area contributed by atoms with Crippen molar-refractivity contribution in [2.45, 2.75) is 17.7 Å². The molecule has 0 saturated heterocycles. The van der Waals surface area contributed by atoms with Crippen molar-refractivity contribution >= 4 is 37.5 Å². The maximum Gasteiger partial charge on any atom is 0.242 e. The van der Waals surface area contributed by atoms with Gasteiger partial charge in [-0.1, -0.05) is 24.3 Å². The van der Waals surface area contributed by atoms with Gasteiger partial charge < -0.3 is 5.32 Å². The Morgan fingerprint density at radius 1 is 1.08 bits per heavy atom. The molecule has 0 aliphatic carbocycles. The zero-order valence-corrected chi connectivity index (χ0v) is 15.9. The molecule has 5 nitrogen and oxygen atoms in total. The number of benzene rings is 2. The van der Waals surface area contributed by atoms with E-state index in [0.717, 1.165) is 15.7 Å². The van der Waals surface area contributed by atoms with Crippen LogP contribution in [0.3, 0.4) is 0 Å². The number of hydrogen-bond donors (Lipinski definition) is 1. The molecule has 128 valence electrons. The van der Waals surface area contributed by atoms with Gasteiger partial charge in [-0.3, -0.25) is 4.79 Å². The number of para-hydroxylation sites is 1. The molecule has 0 bridgehead atoms. The van der Waals surface area contributed by atoms with Crippen molar-refractivity contribution in [3.05, 3.63) is 58.6 Å². The standard InChI is InChI=1S/C17H19BrN2O3S/c1-20(2)24(22,23)14-10-7-13(8-11-14)9-12-17(21)19-16-6-4-3-5-15(16)18/h3-8,10-11H,9,12H2,1-2H3,(H,19,21). The lowest BCUT2D eigenvalue weighted by atomic mass is 10.1. The molecule has 7 heteroatoms. The second-order valence-corrected chi connectivity index (χ2v) is 8.47. The normalized spacial score (nSPS) is 11.5. The molecule has 2 aromatic carbocycles. The highest BCUT2D eigenvalue weighted by atomic mass is 79.9. The summed E-state index contributed by atoms with van der Waals surface area (Å²) in [7, 11) is -0.431. The highest BCUT2D eigenvalue weighted by Crippen LogP contribution is 2.21. The number of halogens is 1. The van der Waals surface area contributed by atoms with Crippen LogP contribution in [0.4, 0.5) is 5.69 Å². The van der Waals surface area contributed by atoms with Gasteiger partial charge in [0.05, 0.1) is 10.6 Å². The van der Waals surface area contributed by atoms with Crippen molar-refractivity contribution < 1.29 is 13.2 Å². The van der Waals surface area contributed by atoms with Gasteiger partial charge in [-0.05, 0) is 52.2 Å². The average Bonchev–Trinajstić information content (AvgIpc) is 2.55. The van der Waals surface area contributed by atoms with Crippen molar-refractivity contribution in [1.82, 2.24) is 4.31 Å². The first-order chi connectivity index (χ1) is 11.3. The van der Waals surface area contributed by atoms with Crippen LogP contribution in [0.15, 0.2) is 57.9 Å². The van der Waals surface area contributed by atoms with Crippen molar-refractivity contribution in [2.24, 2.45) is 0 Å². The van der Waals surface area contributed by atoms with E-state index in [2.05, 4.69) is 21.2 Å². The van der Waals surface area contributed by atoms with Gasteiger partial charge in [-0.2, -0.15) is 0 Å². The van der Waals surface area contributed by atoms with Crippen molar-refractivity contribution in [2.75, 3.05) is 19.4 Å². The number of hydrogen-bond acceptors (Lipinski definition) is 3. The van der Waals surface area contributed by atoms with E-state index in [-0.39, 0.29) is 10.8 Å². The zero-order chi connectivity index (χ0) is 17.7. The summed E-state index contributed by atoms with van der Waals surface area (Å²) >= 11 is 3.38. The van der Waals surface area contributed by atoms with Gasteiger partial charge in [-0.25, -0.2) is 12.7 Å². The van der Waals surface area contributed by atoms with Crippen LogP contribution in [-0.2, 0) is 21.2 Å². The van der Waals surface area contributed by atoms with Crippen LogP contribution in [0, 0.1) is 0 Å². The van der Waals surface area contributed by atoms with Gasteiger partial charge in [0, 0.05) is 25.0 Å². The number of anilines is 1. The Kier molecular flexibility index (Phi) is 6.15. The zero-order valence-electron chi connectivity index (χ0n) is 13.5. The summed E-state index contributed by atoms with van der Waals surface area (Å²) in [6.45, 7) is 0. The number of nitrogens with one attached hydrogen (secondary N) is 1. The monoisotopic (exact) mass is 410 g/mol. The van der Waals surface area contributed by atoms with E-state index in [1.54, 1.807) is 24.3 Å². The van der Waals surface area contributed by atoms with Crippen molar-refractivity contribution in [3.63, 3.8) is 0 Å². The summed E-state index contributed by atoms with van der Waals surface area (Å²) in [5.74, 6) is -0.0908. The Balaban J connectivity index is 1.95. The molecular weight excluding hydrogens is 392 g/mol. The first-order valence-electron chi connectivity index (χ1n) is 7.36. The third-order valence-corrected chi connectivity index (χ3v) is 6.01. The van der Waals surface area contributed by atoms with Gasteiger partial charge >= 0.3 is 0 Å². The second-order valence-electron chi connectivity index (χ2n) is 5.46. The lowest BCUT2D eigenvalue weighted by molar-refractivity contribution is -0.116. The molecule has 0 atom stereocenters. The molecule has 0 aliphatic heterocycles. The van der Waals surface area contributed by atoms with Crippen LogP contribution in [0.5, 0.6) is 0 Å². The lowest BCUT2D eigenvalue weighted by Crippen LogP contribution is -2.22. The van der Waals surface area contributed by atoms with Crippen molar-refractivity contribution in [1.29, 1.82) is 0 Å². The number of carbonyl (C=O) groups excluding carboxylic acids is 1. The maximum atomic E-state index is 12.0. The molecule has 0 aromatic heterocycles. The summed E-state index contributed by atoms with van der Waals surface area (Å²) in [5.41, 5.74) is 1.64. The van der Waals surface area contributed by atoms with Crippen LogP contribution in [0.25, 0.3) is 0 Å². The number of carbonyl (C=O) groups is 1. The van der Waals surface area contributed by atoms with Gasteiger partial charge in [0.1, 0.15) is 0 Å². The summed E-state index contributed by atoms with van der Waals surface area (Å²) in [5, 5.41) is 2.84. The van der Waals surface area contributed by atoms with E-state index in [1.807, 2.05) is 24.3 Å². The molecular formula is C17H19BrN2O3S. The molecule has 0 radical (unpaired) electrons. The maximum absolute atomic E-state index is 12.0. The predicted molar refractivity (Wildman–Crippen MR) is 98.4 cm³/mol. The molecule has 24 heavy (non-hydrogen) atoms. The Morgan fingerprint density at radius 3 is 2.29 bits per heavy atom. The number of sulfonamides is 1. The lowest BCUT2D eigenvalue weighted by Gasteiger charge is -2.11. The molecule has 1 amide bonds. The molecule has 0 fully saturated rings. The minimum Gasteiger partial charge on any atom is -0.325 e. The van der Waals surface area contributed by atoms with Crippen molar-refractivity contribution in [3.8, 4) is 0 Å². The van der Waals surface area contributed by atoms with Crippen LogP contribution >= 0.6 is 15.9 Å². The van der Waals surface area contributed by atoms with E-state index in [1.165, 1.54) is 18.4 Å². The highest BCUT2D eigenvalue weighted by Gasteiger charge is 2.16. The quantitative estimate of drug-likeness (QED) is 0.794. The molecule has 0 heterocycles. The van der Waals surface area contributed by atoms with Crippen LogP contribution in [0.2, 0.25) is 0 Å². The fourth-order valence-corrected chi connectivity index (χ4v) is 3.36. The van der Waals surface area contributed by atoms with E-state index < -0.39 is 10.0 Å². The van der Waals surface area contributed by atoms with Crippen LogP contribution in [0.1, 0.15) is 12.0 Å². The van der Waals surface area contributed by atoms with Crippen LogP contribution < -0.4 is 5.32 Å². The molecule has 0 spiro atoms. The fourth-order valence-electron chi connectivity index (χ4n) is 2.07. The first-order valence-corrected chi connectivity index (χ1v) is 9.60. The molecule has 2 aromatic rings. The van der Waals surface area contributed by atoms with Gasteiger partial charge in [0.25, 0.3) is 0 Å². The topological polar surface area (TPSA) is 66.5 Å². The van der Waals surface area contributed by atoms with Gasteiger partial charge in [0.2, 0.25) is 15.9 Å². The molecule has 0 aliphatic rings. The van der Waals surface area contributed by atoms with Crippen LogP contribution in [-0.4, -0.2) is 32.7 Å². The molecule has 0 saturated carbocycles. The minimum atomic E-state index is -3.42. The van der Waals surface area contributed by atoms with E-state index >= 15 is 0 Å². The van der Waals surface area contributed by atoms with Gasteiger partial charge in [0.15, 0.2) is 0 Å². The third-order valence-electron chi connectivity index (χ3n) is 3.49. The van der Waals surface area contributed by atoms with E-state index in [9.17, 15) is 13.2 Å². The molecule has 0 unspecified atom stereocenters. The second kappa shape index (κ2) is 7.92. The summed E-state index contributed by atoms with van der Waals surface area (Å²) in [6, 6.07) is 14.0. The Morgan fingerprint density at radius 2 is 1.71 bits per heavy atom. The van der Waals surface area contributed by atoms with E-state index in [4.69, 9.17) is 0 Å². The average molecular weight is 411 g/mol. The summed E-state index contributed by atoms with van der Waals surface area (Å²) in [6.07, 6.45) is 0.861. The molecule has 1 N–H and O–H groups in total. The van der Waals surface area contributed by atoms with E-state index in [0.29, 0.717) is 12.8 Å². The van der Waals surface area contributed by atoms with Gasteiger partial charge in [-0.15, -0.1) is 0 Å². The Hall–Kier alpha value is -1.70. The number of nitrogens with zero attached hydrogens (tertiary/aromatic N) is 1. The first kappa shape index (κ1) is 18.6.